The Morgan fingerprint density at radius 3 is 2.27 bits per heavy atom. The summed E-state index contributed by atoms with van der Waals surface area (Å²) < 4.78 is 0. The number of aryl methyl sites for hydroxylation is 1. The first kappa shape index (κ1) is 30.1. The molecule has 0 bridgehead atoms. The summed E-state index contributed by atoms with van der Waals surface area (Å²) in [5.74, 6) is 0.633. The molecule has 0 radical (unpaired) electrons. The van der Waals surface area contributed by atoms with Gasteiger partial charge in [-0.2, -0.15) is 4.98 Å². The molecule has 0 unspecified atom stereocenters. The fraction of sp³-hybridized carbons (Fsp3) is 0.407. The quantitative estimate of drug-likeness (QED) is 0.211. The van der Waals surface area contributed by atoms with Crippen LogP contribution in [0.1, 0.15) is 67.9 Å². The number of fused-ring (bicyclic) bond motifs is 1. The third-order valence-corrected chi connectivity index (χ3v) is 6.52. The number of carbonyl (C=O) groups is 1. The summed E-state index contributed by atoms with van der Waals surface area (Å²) in [6.07, 6.45) is 4.03. The van der Waals surface area contributed by atoms with Crippen LogP contribution in [0.25, 0.3) is 10.9 Å². The minimum Gasteiger partial charge on any atom is -0.370 e. The van der Waals surface area contributed by atoms with Crippen LogP contribution in [0, 0.1) is 12.3 Å². The SMILES string of the molecule is Cc1ccc2nc(NC(=O)c3ccc(C(C)(C)C)cc3)nc(N[C@H]3CCCC[C@H]3NC(=N)N)c2c1.Cl.Cl. The van der Waals surface area contributed by atoms with E-state index in [1.165, 1.54) is 5.56 Å². The van der Waals surface area contributed by atoms with Crippen molar-refractivity contribution in [1.29, 1.82) is 5.41 Å². The fourth-order valence-corrected chi connectivity index (χ4v) is 4.56. The summed E-state index contributed by atoms with van der Waals surface area (Å²) in [6.45, 7) is 8.46. The predicted molar refractivity (Wildman–Crippen MR) is 157 cm³/mol. The molecule has 1 aromatic heterocycles. The Bertz CT molecular complexity index is 1240. The van der Waals surface area contributed by atoms with Gasteiger partial charge in [-0.25, -0.2) is 4.98 Å². The molecule has 2 atom stereocenters. The van der Waals surface area contributed by atoms with Crippen molar-refractivity contribution in [3.8, 4) is 0 Å². The lowest BCUT2D eigenvalue weighted by Gasteiger charge is -2.33. The monoisotopic (exact) mass is 545 g/mol. The summed E-state index contributed by atoms with van der Waals surface area (Å²) in [5.41, 5.74) is 9.21. The number of anilines is 2. The molecule has 0 spiro atoms. The number of hydrogen-bond donors (Lipinski definition) is 5. The molecular formula is C27H37Cl2N7O. The number of guanidine groups is 1. The van der Waals surface area contributed by atoms with Gasteiger partial charge in [-0.05, 0) is 55.0 Å². The van der Waals surface area contributed by atoms with Gasteiger partial charge in [0.25, 0.3) is 5.91 Å². The molecule has 0 aliphatic heterocycles. The smallest absolute Gasteiger partial charge is 0.258 e. The lowest BCUT2D eigenvalue weighted by molar-refractivity contribution is 0.102. The van der Waals surface area contributed by atoms with Gasteiger partial charge in [0.05, 0.1) is 5.52 Å². The van der Waals surface area contributed by atoms with Crippen molar-refractivity contribution in [2.45, 2.75) is 70.9 Å². The molecule has 37 heavy (non-hydrogen) atoms. The second-order valence-electron chi connectivity index (χ2n) is 10.4. The molecule has 200 valence electrons. The fourth-order valence-electron chi connectivity index (χ4n) is 4.56. The second-order valence-corrected chi connectivity index (χ2v) is 10.4. The summed E-state index contributed by atoms with van der Waals surface area (Å²) >= 11 is 0. The molecule has 1 saturated carbocycles. The van der Waals surface area contributed by atoms with E-state index in [1.807, 2.05) is 49.4 Å². The lowest BCUT2D eigenvalue weighted by atomic mass is 9.87. The van der Waals surface area contributed by atoms with Gasteiger partial charge in [0.1, 0.15) is 5.82 Å². The number of nitrogens with two attached hydrogens (primary N) is 1. The van der Waals surface area contributed by atoms with Crippen molar-refractivity contribution in [2.75, 3.05) is 10.6 Å². The standard InChI is InChI=1S/C27H35N7O.2ClH/c1-16-9-14-20-19(15-16)23(30-21-7-5-6-8-22(21)31-25(28)29)33-26(32-20)34-24(35)17-10-12-18(13-11-17)27(2,3)4;;/h9-15,21-22H,5-8H2,1-4H3,(H4,28,29,31)(H2,30,32,33,34,35);2*1H/t21-,22+;;/m0../s1. The number of halogens is 2. The topological polar surface area (TPSA) is 129 Å². The average molecular weight is 547 g/mol. The van der Waals surface area contributed by atoms with Gasteiger partial charge < -0.3 is 16.4 Å². The second kappa shape index (κ2) is 12.4. The van der Waals surface area contributed by atoms with Crippen molar-refractivity contribution in [1.82, 2.24) is 15.3 Å². The van der Waals surface area contributed by atoms with Crippen LogP contribution in [0.3, 0.4) is 0 Å². The highest BCUT2D eigenvalue weighted by atomic mass is 35.5. The van der Waals surface area contributed by atoms with E-state index in [0.717, 1.165) is 42.1 Å². The Morgan fingerprint density at radius 2 is 1.65 bits per heavy atom. The van der Waals surface area contributed by atoms with Crippen LogP contribution in [0.4, 0.5) is 11.8 Å². The molecule has 10 heteroatoms. The van der Waals surface area contributed by atoms with Crippen LogP contribution < -0.4 is 21.7 Å². The van der Waals surface area contributed by atoms with Gasteiger partial charge in [0.15, 0.2) is 5.96 Å². The van der Waals surface area contributed by atoms with Gasteiger partial charge in [0, 0.05) is 23.0 Å². The van der Waals surface area contributed by atoms with E-state index in [4.69, 9.17) is 16.1 Å². The highest BCUT2D eigenvalue weighted by Gasteiger charge is 2.26. The Kier molecular flexibility index (Phi) is 10.1. The van der Waals surface area contributed by atoms with E-state index < -0.39 is 0 Å². The summed E-state index contributed by atoms with van der Waals surface area (Å²) in [7, 11) is 0. The molecule has 1 amide bonds. The highest BCUT2D eigenvalue weighted by molar-refractivity contribution is 6.04. The van der Waals surface area contributed by atoms with E-state index in [1.54, 1.807) is 0 Å². The lowest BCUT2D eigenvalue weighted by Crippen LogP contribution is -2.50. The van der Waals surface area contributed by atoms with Crippen molar-refractivity contribution >= 4 is 59.3 Å². The zero-order valence-corrected chi connectivity index (χ0v) is 23.4. The molecule has 1 aliphatic rings. The van der Waals surface area contributed by atoms with Gasteiger partial charge in [-0.3, -0.25) is 15.5 Å². The molecular weight excluding hydrogens is 509 g/mol. The largest absolute Gasteiger partial charge is 0.370 e. The number of nitrogens with zero attached hydrogens (tertiary/aromatic N) is 2. The first-order chi connectivity index (χ1) is 16.6. The molecule has 0 saturated heterocycles. The van der Waals surface area contributed by atoms with Gasteiger partial charge in [-0.15, -0.1) is 24.8 Å². The van der Waals surface area contributed by atoms with E-state index in [0.29, 0.717) is 11.4 Å². The predicted octanol–water partition coefficient (Wildman–Crippen LogP) is 5.54. The Labute approximate surface area is 230 Å². The maximum Gasteiger partial charge on any atom is 0.258 e. The Morgan fingerprint density at radius 1 is 1.00 bits per heavy atom. The number of hydrogen-bond acceptors (Lipinski definition) is 5. The number of nitrogens with one attached hydrogen (secondary N) is 4. The van der Waals surface area contributed by atoms with E-state index in [2.05, 4.69) is 41.7 Å². The summed E-state index contributed by atoms with van der Waals surface area (Å²) in [6, 6.07) is 13.7. The minimum absolute atomic E-state index is 0. The number of rotatable bonds is 5. The summed E-state index contributed by atoms with van der Waals surface area (Å²) in [4.78, 5) is 22.3. The van der Waals surface area contributed by atoms with Crippen molar-refractivity contribution in [3.63, 3.8) is 0 Å². The van der Waals surface area contributed by atoms with Gasteiger partial charge in [-0.1, -0.05) is 57.4 Å². The first-order valence-corrected chi connectivity index (χ1v) is 12.2. The molecule has 2 aromatic carbocycles. The van der Waals surface area contributed by atoms with Crippen LogP contribution in [0.5, 0.6) is 0 Å². The third-order valence-electron chi connectivity index (χ3n) is 6.52. The van der Waals surface area contributed by atoms with E-state index >= 15 is 0 Å². The Hall–Kier alpha value is -3.10. The van der Waals surface area contributed by atoms with Crippen molar-refractivity contribution in [3.05, 3.63) is 59.2 Å². The van der Waals surface area contributed by atoms with Crippen LogP contribution in [-0.4, -0.2) is 33.9 Å². The maximum atomic E-state index is 13.0. The molecule has 8 nitrogen and oxygen atoms in total. The van der Waals surface area contributed by atoms with E-state index in [9.17, 15) is 4.79 Å². The molecule has 1 aliphatic carbocycles. The number of carbonyl (C=O) groups excluding carboxylic acids is 1. The first-order valence-electron chi connectivity index (χ1n) is 12.2. The molecule has 4 rings (SSSR count). The molecule has 3 aromatic rings. The number of benzene rings is 2. The van der Waals surface area contributed by atoms with Crippen LogP contribution >= 0.6 is 24.8 Å². The average Bonchev–Trinajstić information content (AvgIpc) is 2.80. The van der Waals surface area contributed by atoms with Crippen LogP contribution in [0.15, 0.2) is 42.5 Å². The summed E-state index contributed by atoms with van der Waals surface area (Å²) in [5, 5.41) is 18.1. The zero-order chi connectivity index (χ0) is 25.2. The van der Waals surface area contributed by atoms with Crippen molar-refractivity contribution in [2.24, 2.45) is 5.73 Å². The van der Waals surface area contributed by atoms with Crippen LogP contribution in [-0.2, 0) is 5.41 Å². The molecule has 6 N–H and O–H groups in total. The minimum atomic E-state index is -0.253. The van der Waals surface area contributed by atoms with Crippen molar-refractivity contribution < 1.29 is 4.79 Å². The zero-order valence-electron chi connectivity index (χ0n) is 21.7. The van der Waals surface area contributed by atoms with Crippen LogP contribution in [0.2, 0.25) is 0 Å². The molecule has 1 heterocycles. The normalized spacial score (nSPS) is 17.2. The van der Waals surface area contributed by atoms with Gasteiger partial charge >= 0.3 is 0 Å². The molecule has 1 fully saturated rings. The van der Waals surface area contributed by atoms with E-state index in [-0.39, 0.29) is 60.1 Å². The highest BCUT2D eigenvalue weighted by Crippen LogP contribution is 2.28. The number of aromatic nitrogens is 2. The third kappa shape index (κ3) is 7.46. The van der Waals surface area contributed by atoms with Gasteiger partial charge in [0.2, 0.25) is 5.95 Å². The maximum absolute atomic E-state index is 13.0. The number of amides is 1. The Balaban J connectivity index is 0.00000241.